The van der Waals surface area contributed by atoms with Gasteiger partial charge in [0, 0.05) is 45.0 Å². The van der Waals surface area contributed by atoms with E-state index in [-0.39, 0.29) is 29.0 Å². The first kappa shape index (κ1) is 24.0. The number of rotatable bonds is 8. The van der Waals surface area contributed by atoms with Crippen LogP contribution in [0.15, 0.2) is 71.9 Å². The van der Waals surface area contributed by atoms with Crippen LogP contribution in [-0.2, 0) is 10.0 Å². The molecule has 34 heavy (non-hydrogen) atoms. The number of aromatic hydroxyl groups is 2. The lowest BCUT2D eigenvalue weighted by Gasteiger charge is -2.38. The first-order chi connectivity index (χ1) is 16.3. The van der Waals surface area contributed by atoms with E-state index in [1.54, 1.807) is 42.7 Å². The maximum atomic E-state index is 13.0. The molecule has 0 spiro atoms. The molecule has 0 aliphatic carbocycles. The molecule has 2 heterocycles. The van der Waals surface area contributed by atoms with E-state index < -0.39 is 10.0 Å². The number of hydrogen-bond donors (Lipinski definition) is 3. The molecule has 3 aromatic rings. The van der Waals surface area contributed by atoms with Crippen molar-refractivity contribution in [2.24, 2.45) is 0 Å². The molecule has 0 amide bonds. The summed E-state index contributed by atoms with van der Waals surface area (Å²) in [6.07, 6.45) is 3.22. The van der Waals surface area contributed by atoms with E-state index in [2.05, 4.69) is 19.5 Å². The van der Waals surface area contributed by atoms with Gasteiger partial charge in [-0.15, -0.1) is 0 Å². The molecule has 2 aromatic carbocycles. The van der Waals surface area contributed by atoms with E-state index >= 15 is 0 Å². The zero-order chi connectivity index (χ0) is 24.1. The van der Waals surface area contributed by atoms with Crippen molar-refractivity contribution < 1.29 is 23.4 Å². The number of aromatic nitrogens is 1. The molecule has 1 fully saturated rings. The Balaban J connectivity index is 1.48. The van der Waals surface area contributed by atoms with Crippen molar-refractivity contribution >= 4 is 10.0 Å². The highest BCUT2D eigenvalue weighted by Crippen LogP contribution is 2.31. The third-order valence-electron chi connectivity index (χ3n) is 5.83. The van der Waals surface area contributed by atoms with Crippen LogP contribution in [-0.4, -0.2) is 73.2 Å². The molecule has 0 radical (unpaired) electrons. The lowest BCUT2D eigenvalue weighted by atomic mass is 10.0. The second-order valence-corrected chi connectivity index (χ2v) is 9.98. The minimum atomic E-state index is -3.79. The zero-order valence-electron chi connectivity index (χ0n) is 18.8. The summed E-state index contributed by atoms with van der Waals surface area (Å²) >= 11 is 0. The number of pyridine rings is 1. The third kappa shape index (κ3) is 5.84. The molecule has 1 unspecified atom stereocenters. The van der Waals surface area contributed by atoms with Gasteiger partial charge in [-0.25, -0.2) is 13.1 Å². The van der Waals surface area contributed by atoms with Crippen LogP contribution in [0.1, 0.15) is 11.6 Å². The summed E-state index contributed by atoms with van der Waals surface area (Å²) in [6, 6.07) is 14.0. The van der Waals surface area contributed by atoms with E-state index in [9.17, 15) is 18.6 Å². The normalized spacial score (nSPS) is 16.3. The molecule has 1 aliphatic rings. The molecule has 0 saturated carbocycles. The molecule has 1 atom stereocenters. The molecule has 3 N–H and O–H groups in total. The number of nitrogens with one attached hydrogen (secondary N) is 1. The monoisotopic (exact) mass is 484 g/mol. The molecule has 180 valence electrons. The van der Waals surface area contributed by atoms with E-state index in [0.29, 0.717) is 11.5 Å². The Morgan fingerprint density at radius 2 is 1.74 bits per heavy atom. The van der Waals surface area contributed by atoms with Crippen LogP contribution in [0.3, 0.4) is 0 Å². The Labute approximate surface area is 199 Å². The van der Waals surface area contributed by atoms with E-state index in [1.807, 2.05) is 7.05 Å². The summed E-state index contributed by atoms with van der Waals surface area (Å²) < 4.78 is 34.4. The number of piperazine rings is 1. The van der Waals surface area contributed by atoms with Crippen LogP contribution in [0, 0.1) is 0 Å². The predicted octanol–water partition coefficient (Wildman–Crippen LogP) is 2.55. The fraction of sp³-hybridized carbons (Fsp3) is 0.292. The fourth-order valence-corrected chi connectivity index (χ4v) is 4.88. The average Bonchev–Trinajstić information content (AvgIpc) is 2.83. The second kappa shape index (κ2) is 10.4. The van der Waals surface area contributed by atoms with Gasteiger partial charge in [0.05, 0.1) is 11.1 Å². The summed E-state index contributed by atoms with van der Waals surface area (Å²) in [5, 5.41) is 19.7. The van der Waals surface area contributed by atoms with Crippen molar-refractivity contribution in [3.05, 3.63) is 72.6 Å². The largest absolute Gasteiger partial charge is 0.504 e. The van der Waals surface area contributed by atoms with Crippen LogP contribution in [0.25, 0.3) is 0 Å². The third-order valence-corrected chi connectivity index (χ3v) is 7.27. The Hall–Kier alpha value is -3.18. The topological polar surface area (TPSA) is 115 Å². The van der Waals surface area contributed by atoms with Gasteiger partial charge in [0.2, 0.25) is 10.0 Å². The van der Waals surface area contributed by atoms with Crippen LogP contribution in [0.2, 0.25) is 0 Å². The van der Waals surface area contributed by atoms with Crippen LogP contribution < -0.4 is 9.46 Å². The molecule has 10 heteroatoms. The van der Waals surface area contributed by atoms with Crippen molar-refractivity contribution in [3.8, 4) is 23.0 Å². The molecule has 9 nitrogen and oxygen atoms in total. The number of benzene rings is 2. The van der Waals surface area contributed by atoms with Gasteiger partial charge in [0.15, 0.2) is 11.5 Å². The van der Waals surface area contributed by atoms with Gasteiger partial charge in [-0.2, -0.15) is 0 Å². The van der Waals surface area contributed by atoms with Gasteiger partial charge in [0.25, 0.3) is 0 Å². The van der Waals surface area contributed by atoms with Crippen molar-refractivity contribution in [2.75, 3.05) is 39.8 Å². The number of phenols is 2. The Morgan fingerprint density at radius 1 is 1.00 bits per heavy atom. The lowest BCUT2D eigenvalue weighted by Crippen LogP contribution is -2.48. The maximum absolute atomic E-state index is 13.0. The fourth-order valence-electron chi connectivity index (χ4n) is 3.84. The minimum Gasteiger partial charge on any atom is -0.504 e. The van der Waals surface area contributed by atoms with E-state index in [0.717, 1.165) is 31.7 Å². The Bertz CT molecular complexity index is 1200. The van der Waals surface area contributed by atoms with Gasteiger partial charge in [-0.05, 0) is 61.1 Å². The summed E-state index contributed by atoms with van der Waals surface area (Å²) in [5.41, 5.74) is 0.725. The Kier molecular flexibility index (Phi) is 7.32. The van der Waals surface area contributed by atoms with Crippen LogP contribution >= 0.6 is 0 Å². The van der Waals surface area contributed by atoms with Crippen molar-refractivity contribution in [3.63, 3.8) is 0 Å². The van der Waals surface area contributed by atoms with Crippen LogP contribution in [0.4, 0.5) is 0 Å². The summed E-state index contributed by atoms with van der Waals surface area (Å²) in [7, 11) is -1.74. The van der Waals surface area contributed by atoms with E-state index in [1.165, 1.54) is 24.3 Å². The molecule has 1 aliphatic heterocycles. The average molecular weight is 485 g/mol. The van der Waals surface area contributed by atoms with Crippen LogP contribution in [0.5, 0.6) is 23.0 Å². The minimum absolute atomic E-state index is 0.115. The van der Waals surface area contributed by atoms with Gasteiger partial charge in [0.1, 0.15) is 11.5 Å². The number of nitrogens with zero attached hydrogens (tertiary/aromatic N) is 3. The van der Waals surface area contributed by atoms with Crippen molar-refractivity contribution in [1.29, 1.82) is 0 Å². The lowest BCUT2D eigenvalue weighted by molar-refractivity contribution is 0.112. The zero-order valence-corrected chi connectivity index (χ0v) is 19.6. The predicted molar refractivity (Wildman–Crippen MR) is 128 cm³/mol. The molecular formula is C24H28N4O5S. The molecular weight excluding hydrogens is 456 g/mol. The Morgan fingerprint density at radius 3 is 2.38 bits per heavy atom. The summed E-state index contributed by atoms with van der Waals surface area (Å²) in [6.45, 7) is 3.33. The number of phenolic OH excluding ortho intramolecular Hbond substituents is 2. The molecule has 4 rings (SSSR count). The molecule has 1 saturated heterocycles. The summed E-state index contributed by atoms with van der Waals surface area (Å²) in [5.74, 6) is 0.615. The molecule has 0 bridgehead atoms. The van der Waals surface area contributed by atoms with Gasteiger partial charge < -0.3 is 19.8 Å². The first-order valence-corrected chi connectivity index (χ1v) is 12.4. The number of ether oxygens (including phenoxy) is 1. The smallest absolute Gasteiger partial charge is 0.240 e. The maximum Gasteiger partial charge on any atom is 0.240 e. The van der Waals surface area contributed by atoms with Gasteiger partial charge >= 0.3 is 0 Å². The quantitative estimate of drug-likeness (QED) is 0.418. The second-order valence-electron chi connectivity index (χ2n) is 8.22. The van der Waals surface area contributed by atoms with Gasteiger partial charge in [-0.3, -0.25) is 9.88 Å². The van der Waals surface area contributed by atoms with Gasteiger partial charge in [-0.1, -0.05) is 6.07 Å². The number of hydrogen-bond acceptors (Lipinski definition) is 8. The highest BCUT2D eigenvalue weighted by Gasteiger charge is 2.26. The molecule has 1 aromatic heterocycles. The number of likely N-dealkylation sites (N-methyl/N-ethyl adjacent to an activating group) is 1. The standard InChI is InChI=1S/C24H28N4O5S/c1-27-11-13-28(14-12-27)22(18-4-9-23(29)24(30)15-18)17-26-34(31,32)21-7-5-19(6-8-21)33-20-3-2-10-25-16-20/h2-10,15-16,22,26,29-30H,11-14,17H2,1H3. The van der Waals surface area contributed by atoms with Crippen molar-refractivity contribution in [2.45, 2.75) is 10.9 Å². The highest BCUT2D eigenvalue weighted by molar-refractivity contribution is 7.89. The highest BCUT2D eigenvalue weighted by atomic mass is 32.2. The first-order valence-electron chi connectivity index (χ1n) is 10.9. The summed E-state index contributed by atoms with van der Waals surface area (Å²) in [4.78, 5) is 8.50. The van der Waals surface area contributed by atoms with Crippen molar-refractivity contribution in [1.82, 2.24) is 19.5 Å². The van der Waals surface area contributed by atoms with E-state index in [4.69, 9.17) is 4.74 Å². The SMILES string of the molecule is CN1CCN(C(CNS(=O)(=O)c2ccc(Oc3cccnc3)cc2)c2ccc(O)c(O)c2)CC1. The number of sulfonamides is 1.